The van der Waals surface area contributed by atoms with Crippen LogP contribution in [-0.4, -0.2) is 43.6 Å². The van der Waals surface area contributed by atoms with Crippen molar-refractivity contribution in [1.29, 1.82) is 0 Å². The fourth-order valence-corrected chi connectivity index (χ4v) is 3.86. The molecule has 0 aliphatic carbocycles. The molecule has 7 heteroatoms. The number of rotatable bonds is 9. The van der Waals surface area contributed by atoms with Crippen molar-refractivity contribution in [1.82, 2.24) is 9.99 Å². The van der Waals surface area contributed by atoms with Crippen LogP contribution in [0.25, 0.3) is 0 Å². The second-order valence-corrected chi connectivity index (χ2v) is 7.67. The zero-order valence-electron chi connectivity index (χ0n) is 21.3. The molecule has 2 aromatic carbocycles. The fraction of sp³-hybridized carbons (Fsp3) is 0.357. The molecule has 0 amide bonds. The number of methoxy groups -OCH3 is 3. The molecule has 2 heterocycles. The van der Waals surface area contributed by atoms with Crippen LogP contribution >= 0.6 is 0 Å². The molecule has 1 aliphatic rings. The summed E-state index contributed by atoms with van der Waals surface area (Å²) in [5.41, 5.74) is 3.81. The number of benzene rings is 2. The van der Waals surface area contributed by atoms with Crippen molar-refractivity contribution in [3.05, 3.63) is 77.6 Å². The number of ether oxygens (including phenoxy) is 4. The first kappa shape index (κ1) is 25.9. The van der Waals surface area contributed by atoms with Gasteiger partial charge in [-0.05, 0) is 36.6 Å². The van der Waals surface area contributed by atoms with Crippen molar-refractivity contribution in [2.75, 3.05) is 27.9 Å². The lowest BCUT2D eigenvalue weighted by Crippen LogP contribution is -2.27. The van der Waals surface area contributed by atoms with Crippen LogP contribution in [0, 0.1) is 0 Å². The van der Waals surface area contributed by atoms with Crippen LogP contribution in [0.15, 0.2) is 65.9 Å². The van der Waals surface area contributed by atoms with E-state index in [4.69, 9.17) is 24.0 Å². The minimum Gasteiger partial charge on any atom is -0.497 e. The average Bonchev–Trinajstić information content (AvgIpc) is 2.93. The van der Waals surface area contributed by atoms with E-state index in [9.17, 15) is 0 Å². The van der Waals surface area contributed by atoms with Gasteiger partial charge in [-0.15, -0.1) is 0 Å². The van der Waals surface area contributed by atoms with Gasteiger partial charge in [-0.1, -0.05) is 44.2 Å². The second-order valence-electron chi connectivity index (χ2n) is 7.67. The molecule has 186 valence electrons. The van der Waals surface area contributed by atoms with Crippen molar-refractivity contribution < 1.29 is 18.9 Å². The molecule has 0 atom stereocenters. The van der Waals surface area contributed by atoms with Crippen LogP contribution in [-0.2, 0) is 13.2 Å². The SMILES string of the molecule is CC.COc1ccc(OCc2ccccc2)c(C2=NN(Cc3nccc(OC)c3OC)CCC2)c1. The summed E-state index contributed by atoms with van der Waals surface area (Å²) in [6.45, 7) is 5.84. The molecular formula is C28H35N3O4. The van der Waals surface area contributed by atoms with Gasteiger partial charge in [0.15, 0.2) is 11.5 Å². The average molecular weight is 478 g/mol. The molecule has 0 saturated heterocycles. The van der Waals surface area contributed by atoms with E-state index in [0.717, 1.165) is 53.4 Å². The molecule has 3 aromatic rings. The van der Waals surface area contributed by atoms with E-state index < -0.39 is 0 Å². The molecule has 0 bridgehead atoms. The van der Waals surface area contributed by atoms with E-state index in [2.05, 4.69) is 17.1 Å². The van der Waals surface area contributed by atoms with E-state index in [1.54, 1.807) is 33.6 Å². The van der Waals surface area contributed by atoms with Gasteiger partial charge >= 0.3 is 0 Å². The molecule has 0 fully saturated rings. The first-order chi connectivity index (χ1) is 17.2. The highest BCUT2D eigenvalue weighted by atomic mass is 16.5. The van der Waals surface area contributed by atoms with Crippen LogP contribution < -0.4 is 18.9 Å². The van der Waals surface area contributed by atoms with Crippen LogP contribution in [0.1, 0.15) is 43.5 Å². The number of hydrogen-bond donors (Lipinski definition) is 0. The third kappa shape index (κ3) is 6.66. The predicted octanol–water partition coefficient (Wildman–Crippen LogP) is 5.71. The molecule has 35 heavy (non-hydrogen) atoms. The quantitative estimate of drug-likeness (QED) is 0.393. The zero-order chi connectivity index (χ0) is 25.0. The Balaban J connectivity index is 0.00000167. The van der Waals surface area contributed by atoms with Crippen LogP contribution in [0.4, 0.5) is 0 Å². The van der Waals surface area contributed by atoms with Gasteiger partial charge in [0.2, 0.25) is 0 Å². The van der Waals surface area contributed by atoms with E-state index in [1.165, 1.54) is 0 Å². The summed E-state index contributed by atoms with van der Waals surface area (Å²) in [4.78, 5) is 4.50. The number of aromatic nitrogens is 1. The van der Waals surface area contributed by atoms with E-state index >= 15 is 0 Å². The highest BCUT2D eigenvalue weighted by Gasteiger charge is 2.21. The number of hydrogen-bond acceptors (Lipinski definition) is 7. The van der Waals surface area contributed by atoms with Crippen molar-refractivity contribution >= 4 is 5.71 Å². The highest BCUT2D eigenvalue weighted by molar-refractivity contribution is 6.03. The van der Waals surface area contributed by atoms with Crippen molar-refractivity contribution in [3.8, 4) is 23.0 Å². The van der Waals surface area contributed by atoms with E-state index in [0.29, 0.717) is 24.7 Å². The predicted molar refractivity (Wildman–Crippen MR) is 139 cm³/mol. The number of pyridine rings is 1. The first-order valence-electron chi connectivity index (χ1n) is 11.9. The Morgan fingerprint density at radius 2 is 1.69 bits per heavy atom. The smallest absolute Gasteiger partial charge is 0.184 e. The topological polar surface area (TPSA) is 65.4 Å². The van der Waals surface area contributed by atoms with Gasteiger partial charge in [-0.2, -0.15) is 5.10 Å². The molecule has 0 unspecified atom stereocenters. The molecule has 0 N–H and O–H groups in total. The van der Waals surface area contributed by atoms with Crippen molar-refractivity contribution in [2.24, 2.45) is 5.10 Å². The summed E-state index contributed by atoms with van der Waals surface area (Å²) in [5, 5.41) is 6.96. The molecule has 1 aromatic heterocycles. The Kier molecular flexibility index (Phi) is 9.78. The Labute approximate surface area is 208 Å². The lowest BCUT2D eigenvalue weighted by molar-refractivity contribution is 0.254. The van der Waals surface area contributed by atoms with E-state index in [1.807, 2.05) is 55.3 Å². The zero-order valence-corrected chi connectivity index (χ0v) is 21.3. The third-order valence-corrected chi connectivity index (χ3v) is 5.53. The Morgan fingerprint density at radius 1 is 0.886 bits per heavy atom. The highest BCUT2D eigenvalue weighted by Crippen LogP contribution is 2.32. The third-order valence-electron chi connectivity index (χ3n) is 5.53. The Bertz CT molecular complexity index is 1100. The molecule has 0 radical (unpaired) electrons. The molecule has 0 spiro atoms. The maximum atomic E-state index is 6.19. The monoisotopic (exact) mass is 477 g/mol. The van der Waals surface area contributed by atoms with Gasteiger partial charge in [0.1, 0.15) is 23.8 Å². The lowest BCUT2D eigenvalue weighted by Gasteiger charge is -2.26. The minimum atomic E-state index is 0.488. The summed E-state index contributed by atoms with van der Waals surface area (Å²) in [6.07, 6.45) is 3.55. The standard InChI is InChI=1S/C26H29N3O4.C2H6/c1-30-20-11-12-24(33-18-19-8-5-4-6-9-19)21(16-20)22-10-7-15-29(28-22)17-23-26(32-3)25(31-2)13-14-27-23;1-2/h4-6,8-9,11-14,16H,7,10,15,17-18H2,1-3H3;1-2H3. The second kappa shape index (κ2) is 13.2. The van der Waals surface area contributed by atoms with Gasteiger partial charge < -0.3 is 18.9 Å². The van der Waals surface area contributed by atoms with Gasteiger partial charge in [0.05, 0.1) is 33.6 Å². The van der Waals surface area contributed by atoms with Crippen LogP contribution in [0.5, 0.6) is 23.0 Å². The fourth-order valence-electron chi connectivity index (χ4n) is 3.86. The summed E-state index contributed by atoms with van der Waals surface area (Å²) in [6, 6.07) is 17.8. The number of nitrogens with zero attached hydrogens (tertiary/aromatic N) is 3. The van der Waals surface area contributed by atoms with Crippen molar-refractivity contribution in [3.63, 3.8) is 0 Å². The molecular weight excluding hydrogens is 442 g/mol. The Hall–Kier alpha value is -3.74. The first-order valence-corrected chi connectivity index (χ1v) is 11.9. The van der Waals surface area contributed by atoms with Crippen LogP contribution in [0.3, 0.4) is 0 Å². The normalized spacial score (nSPS) is 12.7. The van der Waals surface area contributed by atoms with Gasteiger partial charge in [0, 0.05) is 24.4 Å². The molecule has 0 saturated carbocycles. The maximum absolute atomic E-state index is 6.19. The maximum Gasteiger partial charge on any atom is 0.184 e. The van der Waals surface area contributed by atoms with Crippen LogP contribution in [0.2, 0.25) is 0 Å². The number of hydrazone groups is 1. The molecule has 4 rings (SSSR count). The van der Waals surface area contributed by atoms with Crippen molar-refractivity contribution in [2.45, 2.75) is 39.8 Å². The summed E-state index contributed by atoms with van der Waals surface area (Å²) in [5.74, 6) is 2.86. The lowest BCUT2D eigenvalue weighted by atomic mass is 10.0. The van der Waals surface area contributed by atoms with Gasteiger partial charge in [-0.25, -0.2) is 0 Å². The van der Waals surface area contributed by atoms with Gasteiger partial charge in [-0.3, -0.25) is 9.99 Å². The summed E-state index contributed by atoms with van der Waals surface area (Å²) >= 11 is 0. The molecule has 7 nitrogen and oxygen atoms in total. The Morgan fingerprint density at radius 3 is 2.40 bits per heavy atom. The largest absolute Gasteiger partial charge is 0.497 e. The summed E-state index contributed by atoms with van der Waals surface area (Å²) < 4.78 is 22.6. The molecule has 1 aliphatic heterocycles. The minimum absolute atomic E-state index is 0.488. The van der Waals surface area contributed by atoms with Gasteiger partial charge in [0.25, 0.3) is 0 Å². The van der Waals surface area contributed by atoms with E-state index in [-0.39, 0.29) is 0 Å². The summed E-state index contributed by atoms with van der Waals surface area (Å²) in [7, 11) is 4.92.